The van der Waals surface area contributed by atoms with Gasteiger partial charge in [-0.3, -0.25) is 9.59 Å². The quantitative estimate of drug-likeness (QED) is 0.878. The number of ether oxygens (including phenoxy) is 1. The number of amides is 2. The molecular formula is C15H21ClN2O3. The minimum atomic E-state index is -0.145. The second-order valence-corrected chi connectivity index (χ2v) is 5.37. The zero-order valence-corrected chi connectivity index (χ0v) is 13.5. The number of rotatable bonds is 6. The molecule has 0 radical (unpaired) electrons. The highest BCUT2D eigenvalue weighted by Gasteiger charge is 2.15. The van der Waals surface area contributed by atoms with Gasteiger partial charge >= 0.3 is 0 Å². The molecule has 2 amide bonds. The zero-order valence-electron chi connectivity index (χ0n) is 12.8. The fourth-order valence-electron chi connectivity index (χ4n) is 1.90. The fraction of sp³-hybridized carbons (Fsp3) is 0.467. The van der Waals surface area contributed by atoms with E-state index in [1.54, 1.807) is 18.2 Å². The Morgan fingerprint density at radius 2 is 2.05 bits per heavy atom. The number of methoxy groups -OCH3 is 1. The highest BCUT2D eigenvalue weighted by atomic mass is 35.5. The topological polar surface area (TPSA) is 58.6 Å². The summed E-state index contributed by atoms with van der Waals surface area (Å²) < 4.78 is 5.08. The van der Waals surface area contributed by atoms with E-state index >= 15 is 0 Å². The first kappa shape index (κ1) is 17.3. The molecule has 6 heteroatoms. The number of carbonyl (C=O) groups excluding carboxylic acids is 2. The van der Waals surface area contributed by atoms with Crippen molar-refractivity contribution in [3.63, 3.8) is 0 Å². The van der Waals surface area contributed by atoms with E-state index in [0.717, 1.165) is 0 Å². The summed E-state index contributed by atoms with van der Waals surface area (Å²) in [4.78, 5) is 25.0. The van der Waals surface area contributed by atoms with Crippen molar-refractivity contribution in [3.05, 3.63) is 23.2 Å². The third-order valence-electron chi connectivity index (χ3n) is 2.84. The van der Waals surface area contributed by atoms with Crippen molar-refractivity contribution in [2.75, 3.05) is 18.6 Å². The number of benzene rings is 1. The maximum absolute atomic E-state index is 11.8. The Morgan fingerprint density at radius 3 is 2.52 bits per heavy atom. The molecule has 0 spiro atoms. The highest BCUT2D eigenvalue weighted by molar-refractivity contribution is 6.32. The van der Waals surface area contributed by atoms with Crippen LogP contribution in [-0.2, 0) is 9.59 Å². The van der Waals surface area contributed by atoms with Crippen molar-refractivity contribution in [2.24, 2.45) is 0 Å². The van der Waals surface area contributed by atoms with E-state index in [1.165, 1.54) is 18.9 Å². The van der Waals surface area contributed by atoms with Crippen molar-refractivity contribution in [2.45, 2.75) is 33.2 Å². The Labute approximate surface area is 130 Å². The maximum atomic E-state index is 11.8. The summed E-state index contributed by atoms with van der Waals surface area (Å²) in [5.41, 5.74) is 0.644. The molecule has 0 fully saturated rings. The summed E-state index contributed by atoms with van der Waals surface area (Å²) >= 11 is 6.07. The van der Waals surface area contributed by atoms with Crippen molar-refractivity contribution in [1.82, 2.24) is 5.32 Å². The Hall–Kier alpha value is -1.75. The van der Waals surface area contributed by atoms with Gasteiger partial charge in [-0.1, -0.05) is 11.6 Å². The van der Waals surface area contributed by atoms with E-state index in [1.807, 2.05) is 13.8 Å². The second kappa shape index (κ2) is 7.88. The van der Waals surface area contributed by atoms with Gasteiger partial charge in [-0.15, -0.1) is 0 Å². The summed E-state index contributed by atoms with van der Waals surface area (Å²) in [6, 6.07) is 5.18. The number of nitrogens with one attached hydrogen (secondary N) is 1. The van der Waals surface area contributed by atoms with E-state index < -0.39 is 0 Å². The third kappa shape index (κ3) is 5.27. The second-order valence-electron chi connectivity index (χ2n) is 4.96. The molecule has 0 heterocycles. The Morgan fingerprint density at radius 1 is 1.38 bits per heavy atom. The molecular weight excluding hydrogens is 292 g/mol. The first-order chi connectivity index (χ1) is 9.85. The van der Waals surface area contributed by atoms with Gasteiger partial charge in [-0.25, -0.2) is 0 Å². The van der Waals surface area contributed by atoms with Crippen LogP contribution in [0.1, 0.15) is 27.2 Å². The van der Waals surface area contributed by atoms with Gasteiger partial charge in [0.2, 0.25) is 11.8 Å². The minimum absolute atomic E-state index is 0.0821. The normalized spacial score (nSPS) is 10.4. The van der Waals surface area contributed by atoms with Crippen LogP contribution in [0.25, 0.3) is 0 Å². The van der Waals surface area contributed by atoms with Gasteiger partial charge < -0.3 is 15.0 Å². The number of anilines is 1. The van der Waals surface area contributed by atoms with E-state index in [-0.39, 0.29) is 24.3 Å². The monoisotopic (exact) mass is 312 g/mol. The highest BCUT2D eigenvalue weighted by Crippen LogP contribution is 2.29. The van der Waals surface area contributed by atoms with Crippen LogP contribution in [-0.4, -0.2) is 31.5 Å². The average Bonchev–Trinajstić information content (AvgIpc) is 2.37. The van der Waals surface area contributed by atoms with E-state index in [4.69, 9.17) is 16.3 Å². The summed E-state index contributed by atoms with van der Waals surface area (Å²) in [5, 5.41) is 3.22. The molecule has 1 rings (SSSR count). The van der Waals surface area contributed by atoms with E-state index in [0.29, 0.717) is 23.0 Å². The van der Waals surface area contributed by atoms with Crippen LogP contribution in [0.2, 0.25) is 5.02 Å². The number of halogens is 1. The molecule has 21 heavy (non-hydrogen) atoms. The molecule has 0 bridgehead atoms. The van der Waals surface area contributed by atoms with Crippen molar-refractivity contribution in [3.8, 4) is 5.75 Å². The van der Waals surface area contributed by atoms with Crippen LogP contribution >= 0.6 is 11.6 Å². The molecule has 0 aliphatic heterocycles. The lowest BCUT2D eigenvalue weighted by Crippen LogP contribution is -2.36. The van der Waals surface area contributed by atoms with Gasteiger partial charge in [0.25, 0.3) is 0 Å². The molecule has 0 aromatic heterocycles. The van der Waals surface area contributed by atoms with Gasteiger partial charge in [0.1, 0.15) is 5.75 Å². The zero-order chi connectivity index (χ0) is 16.0. The SMILES string of the molecule is COc1ccc(N(CCC(=O)NC(C)C)C(C)=O)cc1Cl. The van der Waals surface area contributed by atoms with Crippen LogP contribution in [0, 0.1) is 0 Å². The van der Waals surface area contributed by atoms with Crippen LogP contribution in [0.15, 0.2) is 18.2 Å². The van der Waals surface area contributed by atoms with Gasteiger partial charge in [0.05, 0.1) is 12.1 Å². The van der Waals surface area contributed by atoms with Crippen LogP contribution in [0.4, 0.5) is 5.69 Å². The molecule has 0 atom stereocenters. The number of carbonyl (C=O) groups is 2. The summed E-state index contributed by atoms with van der Waals surface area (Å²) in [7, 11) is 1.53. The van der Waals surface area contributed by atoms with Crippen LogP contribution in [0.5, 0.6) is 5.75 Å². The molecule has 0 unspecified atom stereocenters. The number of hydrogen-bond donors (Lipinski definition) is 1. The van der Waals surface area contributed by atoms with Crippen molar-refractivity contribution < 1.29 is 14.3 Å². The third-order valence-corrected chi connectivity index (χ3v) is 3.13. The predicted octanol–water partition coefficient (Wildman–Crippen LogP) is 2.62. The van der Waals surface area contributed by atoms with Crippen LogP contribution < -0.4 is 15.0 Å². The summed E-state index contributed by atoms with van der Waals surface area (Å²) in [6.45, 7) is 5.54. The Balaban J connectivity index is 2.80. The van der Waals surface area contributed by atoms with Crippen molar-refractivity contribution in [1.29, 1.82) is 0 Å². The molecule has 116 valence electrons. The largest absolute Gasteiger partial charge is 0.495 e. The molecule has 5 nitrogen and oxygen atoms in total. The first-order valence-electron chi connectivity index (χ1n) is 6.76. The van der Waals surface area contributed by atoms with Gasteiger partial charge in [0, 0.05) is 31.6 Å². The Kier molecular flexibility index (Phi) is 6.49. The predicted molar refractivity (Wildman–Crippen MR) is 83.9 cm³/mol. The average molecular weight is 313 g/mol. The minimum Gasteiger partial charge on any atom is -0.495 e. The molecule has 1 N–H and O–H groups in total. The molecule has 1 aromatic rings. The maximum Gasteiger partial charge on any atom is 0.223 e. The van der Waals surface area contributed by atoms with E-state index in [2.05, 4.69) is 5.32 Å². The van der Waals surface area contributed by atoms with Crippen molar-refractivity contribution >= 4 is 29.1 Å². The molecule has 0 aliphatic carbocycles. The van der Waals surface area contributed by atoms with Crippen LogP contribution in [0.3, 0.4) is 0 Å². The number of nitrogens with zero attached hydrogens (tertiary/aromatic N) is 1. The number of hydrogen-bond acceptors (Lipinski definition) is 3. The van der Waals surface area contributed by atoms with Gasteiger partial charge in [0.15, 0.2) is 0 Å². The fourth-order valence-corrected chi connectivity index (χ4v) is 2.15. The first-order valence-corrected chi connectivity index (χ1v) is 7.14. The molecule has 0 aliphatic rings. The van der Waals surface area contributed by atoms with E-state index in [9.17, 15) is 9.59 Å². The molecule has 0 saturated carbocycles. The smallest absolute Gasteiger partial charge is 0.223 e. The lowest BCUT2D eigenvalue weighted by Gasteiger charge is -2.22. The van der Waals surface area contributed by atoms with Gasteiger partial charge in [-0.2, -0.15) is 0 Å². The lowest BCUT2D eigenvalue weighted by molar-refractivity contribution is -0.121. The standard InChI is InChI=1S/C15H21ClN2O3/c1-10(2)17-15(20)7-8-18(11(3)19)12-5-6-14(21-4)13(16)9-12/h5-6,9-10H,7-8H2,1-4H3,(H,17,20). The van der Waals surface area contributed by atoms with Gasteiger partial charge in [-0.05, 0) is 32.0 Å². The lowest BCUT2D eigenvalue weighted by atomic mass is 10.2. The summed E-state index contributed by atoms with van der Waals surface area (Å²) in [5.74, 6) is 0.311. The molecule has 0 saturated heterocycles. The Bertz CT molecular complexity index is 518. The molecule has 1 aromatic carbocycles. The summed E-state index contributed by atoms with van der Waals surface area (Å²) in [6.07, 6.45) is 0.238.